The van der Waals surface area contributed by atoms with Crippen LogP contribution in [0.15, 0.2) is 35.2 Å². The average molecular weight is 391 g/mol. The smallest absolute Gasteiger partial charge is 0.253 e. The summed E-state index contributed by atoms with van der Waals surface area (Å²) >= 11 is 0. The van der Waals surface area contributed by atoms with Crippen molar-refractivity contribution in [2.75, 3.05) is 19.6 Å². The van der Waals surface area contributed by atoms with Gasteiger partial charge in [-0.3, -0.25) is 9.48 Å². The van der Waals surface area contributed by atoms with Crippen molar-refractivity contribution < 1.29 is 13.2 Å². The van der Waals surface area contributed by atoms with Gasteiger partial charge in [0.05, 0.1) is 10.6 Å². The summed E-state index contributed by atoms with van der Waals surface area (Å²) in [5, 5.41) is 4.36. The van der Waals surface area contributed by atoms with Crippen molar-refractivity contribution in [3.8, 4) is 0 Å². The second kappa shape index (κ2) is 8.22. The van der Waals surface area contributed by atoms with Crippen molar-refractivity contribution in [1.29, 1.82) is 0 Å². The summed E-state index contributed by atoms with van der Waals surface area (Å²) in [6.45, 7) is 6.45. The van der Waals surface area contributed by atoms with E-state index >= 15 is 0 Å². The van der Waals surface area contributed by atoms with Crippen molar-refractivity contribution in [2.24, 2.45) is 0 Å². The lowest BCUT2D eigenvalue weighted by Gasteiger charge is -2.15. The van der Waals surface area contributed by atoms with E-state index in [0.717, 1.165) is 37.3 Å². The molecule has 0 bridgehead atoms. The van der Waals surface area contributed by atoms with E-state index in [9.17, 15) is 13.2 Å². The maximum atomic E-state index is 12.4. The number of rotatable bonds is 7. The second-order valence-corrected chi connectivity index (χ2v) is 8.69. The van der Waals surface area contributed by atoms with Crippen LogP contribution in [0.1, 0.15) is 41.0 Å². The lowest BCUT2D eigenvalue weighted by atomic mass is 10.2. The van der Waals surface area contributed by atoms with Crippen LogP contribution in [-0.4, -0.2) is 48.6 Å². The van der Waals surface area contributed by atoms with Crippen LogP contribution in [0.5, 0.6) is 0 Å². The molecule has 1 saturated heterocycles. The van der Waals surface area contributed by atoms with Gasteiger partial charge < -0.3 is 4.90 Å². The topological polar surface area (TPSA) is 84.3 Å². The molecule has 0 radical (unpaired) electrons. The lowest BCUT2D eigenvalue weighted by molar-refractivity contribution is 0.0792. The van der Waals surface area contributed by atoms with E-state index in [2.05, 4.69) is 9.82 Å². The highest BCUT2D eigenvalue weighted by Crippen LogP contribution is 2.15. The molecule has 1 N–H and O–H groups in total. The van der Waals surface area contributed by atoms with E-state index in [1.165, 1.54) is 12.1 Å². The molecule has 8 heteroatoms. The van der Waals surface area contributed by atoms with Crippen molar-refractivity contribution >= 4 is 15.9 Å². The first-order valence-electron chi connectivity index (χ1n) is 9.27. The Morgan fingerprint density at radius 1 is 1.15 bits per heavy atom. The SMILES string of the molecule is Cc1cc(C)n(CCCNS(=O)(=O)c2ccc(C(=O)N3CCCC3)cc2)n1. The normalized spacial score (nSPS) is 14.7. The molecule has 0 atom stereocenters. The number of aryl methyl sites for hydroxylation is 3. The molecule has 0 aliphatic carbocycles. The maximum Gasteiger partial charge on any atom is 0.253 e. The zero-order valence-electron chi connectivity index (χ0n) is 15.8. The minimum atomic E-state index is -3.59. The Bertz CT molecular complexity index is 898. The fraction of sp³-hybridized carbons (Fsp3) is 0.474. The predicted octanol–water partition coefficient (Wildman–Crippen LogP) is 2.10. The number of likely N-dealkylation sites (tertiary alicyclic amines) is 1. The van der Waals surface area contributed by atoms with Crippen LogP contribution in [-0.2, 0) is 16.6 Å². The van der Waals surface area contributed by atoms with Crippen LogP contribution in [0.3, 0.4) is 0 Å². The third-order valence-corrected chi connectivity index (χ3v) is 6.22. The summed E-state index contributed by atoms with van der Waals surface area (Å²) < 4.78 is 29.3. The van der Waals surface area contributed by atoms with Gasteiger partial charge in [0.25, 0.3) is 5.91 Å². The molecule has 2 aromatic rings. The van der Waals surface area contributed by atoms with Gasteiger partial charge in [-0.25, -0.2) is 13.1 Å². The number of hydrogen-bond donors (Lipinski definition) is 1. The Hall–Kier alpha value is -2.19. The molecule has 7 nitrogen and oxygen atoms in total. The quantitative estimate of drug-likeness (QED) is 0.734. The number of sulfonamides is 1. The van der Waals surface area contributed by atoms with Crippen molar-refractivity contribution in [3.05, 3.63) is 47.3 Å². The first-order valence-corrected chi connectivity index (χ1v) is 10.8. The third kappa shape index (κ3) is 4.75. The van der Waals surface area contributed by atoms with Gasteiger partial charge in [0, 0.05) is 37.4 Å². The number of nitrogens with zero attached hydrogens (tertiary/aromatic N) is 3. The standard InChI is InChI=1S/C19H26N4O3S/c1-15-14-16(2)23(21-15)13-5-10-20-27(25,26)18-8-6-17(7-9-18)19(24)22-11-3-4-12-22/h6-9,14,20H,3-5,10-13H2,1-2H3. The van der Waals surface area contributed by atoms with Gasteiger partial charge in [0.1, 0.15) is 0 Å². The number of aromatic nitrogens is 2. The Morgan fingerprint density at radius 3 is 2.41 bits per heavy atom. The molecule has 27 heavy (non-hydrogen) atoms. The van der Waals surface area contributed by atoms with Crippen molar-refractivity contribution in [3.63, 3.8) is 0 Å². The van der Waals surface area contributed by atoms with Crippen LogP contribution < -0.4 is 4.72 Å². The molecule has 3 rings (SSSR count). The molecule has 1 amide bonds. The second-order valence-electron chi connectivity index (χ2n) is 6.93. The fourth-order valence-corrected chi connectivity index (χ4v) is 4.37. The first kappa shape index (κ1) is 19.6. The summed E-state index contributed by atoms with van der Waals surface area (Å²) in [4.78, 5) is 14.3. The van der Waals surface area contributed by atoms with E-state index in [4.69, 9.17) is 0 Å². The minimum absolute atomic E-state index is 0.0331. The summed E-state index contributed by atoms with van der Waals surface area (Å²) in [6, 6.07) is 8.16. The number of hydrogen-bond acceptors (Lipinski definition) is 4. The van der Waals surface area contributed by atoms with Gasteiger partial charge in [-0.15, -0.1) is 0 Å². The highest BCUT2D eigenvalue weighted by molar-refractivity contribution is 7.89. The molecule has 1 aromatic heterocycles. The third-order valence-electron chi connectivity index (χ3n) is 4.75. The molecule has 0 spiro atoms. The van der Waals surface area contributed by atoms with Crippen LogP contribution in [0.25, 0.3) is 0 Å². The molecule has 0 saturated carbocycles. The fourth-order valence-electron chi connectivity index (χ4n) is 3.30. The molecular weight excluding hydrogens is 364 g/mol. The number of carbonyl (C=O) groups is 1. The van der Waals surface area contributed by atoms with E-state index in [-0.39, 0.29) is 10.8 Å². The van der Waals surface area contributed by atoms with Gasteiger partial charge in [-0.2, -0.15) is 5.10 Å². The summed E-state index contributed by atoms with van der Waals surface area (Å²) in [5.41, 5.74) is 2.55. The van der Waals surface area contributed by atoms with Crippen LogP contribution in [0.4, 0.5) is 0 Å². The summed E-state index contributed by atoms with van der Waals surface area (Å²) in [6.07, 6.45) is 2.70. The first-order chi connectivity index (χ1) is 12.9. The molecule has 1 aliphatic heterocycles. The summed E-state index contributed by atoms with van der Waals surface area (Å²) in [5.74, 6) is -0.0331. The van der Waals surface area contributed by atoms with Gasteiger partial charge in [0.2, 0.25) is 10.0 Å². The number of amides is 1. The van der Waals surface area contributed by atoms with Crippen molar-refractivity contribution in [2.45, 2.75) is 44.6 Å². The summed E-state index contributed by atoms with van der Waals surface area (Å²) in [7, 11) is -3.59. The molecule has 1 aromatic carbocycles. The minimum Gasteiger partial charge on any atom is -0.339 e. The van der Waals surface area contributed by atoms with Gasteiger partial charge in [-0.1, -0.05) is 0 Å². The average Bonchev–Trinajstić information content (AvgIpc) is 3.28. The van der Waals surface area contributed by atoms with Gasteiger partial charge in [-0.05, 0) is 63.4 Å². The zero-order chi connectivity index (χ0) is 19.4. The van der Waals surface area contributed by atoms with Gasteiger partial charge in [0.15, 0.2) is 0 Å². The molecule has 0 unspecified atom stereocenters. The van der Waals surface area contributed by atoms with Crippen molar-refractivity contribution in [1.82, 2.24) is 19.4 Å². The Balaban J connectivity index is 1.54. The Kier molecular flexibility index (Phi) is 5.96. The highest BCUT2D eigenvalue weighted by atomic mass is 32.2. The highest BCUT2D eigenvalue weighted by Gasteiger charge is 2.20. The molecule has 1 aliphatic rings. The van der Waals surface area contributed by atoms with E-state index in [0.29, 0.717) is 25.1 Å². The predicted molar refractivity (Wildman–Crippen MR) is 103 cm³/mol. The molecule has 2 heterocycles. The largest absolute Gasteiger partial charge is 0.339 e. The number of benzene rings is 1. The molecule has 1 fully saturated rings. The van der Waals surface area contributed by atoms with Crippen LogP contribution >= 0.6 is 0 Å². The maximum absolute atomic E-state index is 12.4. The van der Waals surface area contributed by atoms with Crippen LogP contribution in [0, 0.1) is 13.8 Å². The van der Waals surface area contributed by atoms with E-state index in [1.807, 2.05) is 24.6 Å². The van der Waals surface area contributed by atoms with E-state index in [1.54, 1.807) is 17.0 Å². The van der Waals surface area contributed by atoms with Crippen LogP contribution in [0.2, 0.25) is 0 Å². The molecule has 146 valence electrons. The zero-order valence-corrected chi connectivity index (χ0v) is 16.6. The monoisotopic (exact) mass is 390 g/mol. The Labute approximate surface area is 160 Å². The number of nitrogens with one attached hydrogen (secondary N) is 1. The van der Waals surface area contributed by atoms with E-state index < -0.39 is 10.0 Å². The van der Waals surface area contributed by atoms with Gasteiger partial charge >= 0.3 is 0 Å². The Morgan fingerprint density at radius 2 is 1.81 bits per heavy atom. The lowest BCUT2D eigenvalue weighted by Crippen LogP contribution is -2.28. The molecular formula is C19H26N4O3S. The number of carbonyl (C=O) groups excluding carboxylic acids is 1.